The summed E-state index contributed by atoms with van der Waals surface area (Å²) in [5.74, 6) is 1.48. The van der Waals surface area contributed by atoms with Crippen LogP contribution in [0.15, 0.2) is 36.4 Å². The van der Waals surface area contributed by atoms with Crippen LogP contribution in [0.25, 0.3) is 10.9 Å². The van der Waals surface area contributed by atoms with Crippen molar-refractivity contribution in [1.29, 1.82) is 5.26 Å². The van der Waals surface area contributed by atoms with Gasteiger partial charge in [-0.25, -0.2) is 0 Å². The zero-order valence-electron chi connectivity index (χ0n) is 18.1. The van der Waals surface area contributed by atoms with Gasteiger partial charge in [0.05, 0.1) is 17.2 Å². The van der Waals surface area contributed by atoms with Crippen molar-refractivity contribution in [1.82, 2.24) is 10.3 Å². The molecule has 0 radical (unpaired) electrons. The number of rotatable bonds is 2. The van der Waals surface area contributed by atoms with Gasteiger partial charge in [-0.2, -0.15) is 5.26 Å². The Hall–Kier alpha value is -2.90. The van der Waals surface area contributed by atoms with E-state index in [4.69, 9.17) is 0 Å². The number of nitrogens with one attached hydrogen (secondary N) is 2. The Morgan fingerprint density at radius 1 is 1.10 bits per heavy atom. The van der Waals surface area contributed by atoms with Gasteiger partial charge in [0.1, 0.15) is 0 Å². The Labute approximate surface area is 182 Å². The Kier molecular flexibility index (Phi) is 3.98. The molecule has 1 saturated heterocycles. The number of H-pyrrole nitrogens is 1. The Bertz CT molecular complexity index is 1270. The predicted molar refractivity (Wildman–Crippen MR) is 122 cm³/mol. The molecule has 6 rings (SSSR count). The van der Waals surface area contributed by atoms with E-state index in [-0.39, 0.29) is 11.2 Å². The van der Waals surface area contributed by atoms with Crippen LogP contribution in [-0.4, -0.2) is 23.4 Å². The Morgan fingerprint density at radius 3 is 2.71 bits per heavy atom. The van der Waals surface area contributed by atoms with E-state index >= 15 is 0 Å². The van der Waals surface area contributed by atoms with Gasteiger partial charge in [-0.05, 0) is 73.4 Å². The average Bonchev–Trinajstić information content (AvgIpc) is 3.57. The molecule has 1 aromatic heterocycles. The lowest BCUT2D eigenvalue weighted by Crippen LogP contribution is -2.39. The van der Waals surface area contributed by atoms with Gasteiger partial charge in [0.15, 0.2) is 5.78 Å². The highest BCUT2D eigenvalue weighted by molar-refractivity contribution is 6.20. The first-order valence-corrected chi connectivity index (χ1v) is 11.5. The topological polar surface area (TPSA) is 68.7 Å². The van der Waals surface area contributed by atoms with Crippen molar-refractivity contribution in [3.05, 3.63) is 69.9 Å². The second-order valence-corrected chi connectivity index (χ2v) is 10.1. The van der Waals surface area contributed by atoms with Crippen LogP contribution in [0.5, 0.6) is 0 Å². The molecule has 156 valence electrons. The molecule has 31 heavy (non-hydrogen) atoms. The number of benzene rings is 2. The van der Waals surface area contributed by atoms with Crippen LogP contribution in [0.3, 0.4) is 0 Å². The first-order chi connectivity index (χ1) is 15.0. The van der Waals surface area contributed by atoms with Crippen molar-refractivity contribution >= 4 is 16.7 Å². The molecule has 0 amide bonds. The van der Waals surface area contributed by atoms with Crippen molar-refractivity contribution in [2.45, 2.75) is 56.9 Å². The minimum absolute atomic E-state index is 0.106. The standard InChI is InChI=1S/C27H27N3O/c1-27(2)21-8-6-17(18-9-10-29-22(13-18)16-4-5-16)12-20(21)25(31)24-19-7-3-15(14-28)11-23(19)30-26(24)27/h3,6-8,11-12,16,18,22,29-30H,4-5,9-10,13H2,1-2H3. The van der Waals surface area contributed by atoms with Crippen LogP contribution in [0, 0.1) is 17.2 Å². The van der Waals surface area contributed by atoms with Gasteiger partial charge in [0.25, 0.3) is 0 Å². The maximum absolute atomic E-state index is 13.7. The lowest BCUT2D eigenvalue weighted by Gasteiger charge is -2.34. The minimum Gasteiger partial charge on any atom is -0.357 e. The number of nitriles is 1. The van der Waals surface area contributed by atoms with E-state index in [0.29, 0.717) is 17.5 Å². The fraction of sp³-hybridized carbons (Fsp3) is 0.407. The molecule has 4 heteroatoms. The molecule has 1 aliphatic heterocycles. The van der Waals surface area contributed by atoms with Crippen molar-refractivity contribution in [3.8, 4) is 6.07 Å². The molecule has 2 heterocycles. The fourth-order valence-corrected chi connectivity index (χ4v) is 5.90. The molecule has 3 aromatic rings. The lowest BCUT2D eigenvalue weighted by atomic mass is 9.70. The number of ketones is 1. The van der Waals surface area contributed by atoms with E-state index in [2.05, 4.69) is 48.4 Å². The smallest absolute Gasteiger partial charge is 0.195 e. The van der Waals surface area contributed by atoms with Gasteiger partial charge in [0, 0.05) is 33.6 Å². The number of aromatic nitrogens is 1. The monoisotopic (exact) mass is 409 g/mol. The number of piperidine rings is 1. The minimum atomic E-state index is -0.298. The molecule has 2 aliphatic carbocycles. The maximum atomic E-state index is 13.7. The van der Waals surface area contributed by atoms with Crippen LogP contribution >= 0.6 is 0 Å². The molecular formula is C27H27N3O. The highest BCUT2D eigenvalue weighted by Crippen LogP contribution is 2.45. The summed E-state index contributed by atoms with van der Waals surface area (Å²) in [6.45, 7) is 5.44. The molecule has 2 fully saturated rings. The summed E-state index contributed by atoms with van der Waals surface area (Å²) < 4.78 is 0. The number of hydrogen-bond acceptors (Lipinski definition) is 3. The average molecular weight is 410 g/mol. The van der Waals surface area contributed by atoms with Crippen molar-refractivity contribution in [3.63, 3.8) is 0 Å². The summed E-state index contributed by atoms with van der Waals surface area (Å²) in [7, 11) is 0. The summed E-state index contributed by atoms with van der Waals surface area (Å²) in [5.41, 5.74) is 6.15. The van der Waals surface area contributed by atoms with E-state index in [1.165, 1.54) is 24.8 Å². The predicted octanol–water partition coefficient (Wildman–Crippen LogP) is 5.16. The molecule has 0 bridgehead atoms. The molecule has 1 saturated carbocycles. The van der Waals surface area contributed by atoms with Gasteiger partial charge in [-0.15, -0.1) is 0 Å². The number of fused-ring (bicyclic) bond motifs is 4. The summed E-state index contributed by atoms with van der Waals surface area (Å²) in [6, 6.07) is 15.0. The SMILES string of the molecule is CC1(C)c2ccc(C3CCNC(C4CC4)C3)cc2C(=O)c2c1[nH]c1cc(C#N)ccc21. The summed E-state index contributed by atoms with van der Waals surface area (Å²) in [6.07, 6.45) is 5.03. The van der Waals surface area contributed by atoms with Crippen LogP contribution < -0.4 is 5.32 Å². The molecule has 2 aromatic carbocycles. The third kappa shape index (κ3) is 2.80. The summed E-state index contributed by atoms with van der Waals surface area (Å²) >= 11 is 0. The Balaban J connectivity index is 1.45. The number of hydrogen-bond donors (Lipinski definition) is 2. The Morgan fingerprint density at radius 2 is 1.94 bits per heavy atom. The third-order valence-electron chi connectivity index (χ3n) is 7.84. The zero-order valence-corrected chi connectivity index (χ0v) is 18.1. The quantitative estimate of drug-likeness (QED) is 0.615. The molecule has 4 nitrogen and oxygen atoms in total. The van der Waals surface area contributed by atoms with Crippen LogP contribution in [-0.2, 0) is 5.41 Å². The van der Waals surface area contributed by atoms with Crippen molar-refractivity contribution in [2.24, 2.45) is 5.92 Å². The first-order valence-electron chi connectivity index (χ1n) is 11.5. The number of carbonyl (C=O) groups excluding carboxylic acids is 1. The summed E-state index contributed by atoms with van der Waals surface area (Å²) in [5, 5.41) is 13.9. The maximum Gasteiger partial charge on any atom is 0.195 e. The van der Waals surface area contributed by atoms with Crippen LogP contribution in [0.1, 0.15) is 83.8 Å². The number of carbonyl (C=O) groups is 1. The molecular weight excluding hydrogens is 382 g/mol. The molecule has 2 N–H and O–H groups in total. The molecule has 0 spiro atoms. The first kappa shape index (κ1) is 18.8. The van der Waals surface area contributed by atoms with E-state index in [9.17, 15) is 10.1 Å². The summed E-state index contributed by atoms with van der Waals surface area (Å²) in [4.78, 5) is 17.2. The van der Waals surface area contributed by atoms with Gasteiger partial charge >= 0.3 is 0 Å². The van der Waals surface area contributed by atoms with Crippen molar-refractivity contribution < 1.29 is 4.79 Å². The van der Waals surface area contributed by atoms with Gasteiger partial charge in [-0.1, -0.05) is 32.0 Å². The van der Waals surface area contributed by atoms with E-state index in [0.717, 1.165) is 52.2 Å². The highest BCUT2D eigenvalue weighted by Gasteiger charge is 2.40. The van der Waals surface area contributed by atoms with Gasteiger partial charge in [-0.3, -0.25) is 4.79 Å². The van der Waals surface area contributed by atoms with E-state index in [1.54, 1.807) is 6.07 Å². The third-order valence-corrected chi connectivity index (χ3v) is 7.84. The normalized spacial score (nSPS) is 24.5. The lowest BCUT2D eigenvalue weighted by molar-refractivity contribution is 0.103. The number of aromatic amines is 1. The van der Waals surface area contributed by atoms with Crippen LogP contribution in [0.4, 0.5) is 0 Å². The fourth-order valence-electron chi connectivity index (χ4n) is 5.90. The second kappa shape index (κ2) is 6.55. The molecule has 2 atom stereocenters. The van der Waals surface area contributed by atoms with Gasteiger partial charge < -0.3 is 10.3 Å². The van der Waals surface area contributed by atoms with E-state index in [1.807, 2.05) is 12.1 Å². The second-order valence-electron chi connectivity index (χ2n) is 10.1. The van der Waals surface area contributed by atoms with E-state index < -0.39 is 0 Å². The molecule has 3 aliphatic rings. The largest absolute Gasteiger partial charge is 0.357 e. The number of nitrogens with zero attached hydrogens (tertiary/aromatic N) is 1. The van der Waals surface area contributed by atoms with Crippen molar-refractivity contribution in [2.75, 3.05) is 6.54 Å². The van der Waals surface area contributed by atoms with Gasteiger partial charge in [0.2, 0.25) is 0 Å². The zero-order chi connectivity index (χ0) is 21.3. The van der Waals surface area contributed by atoms with Crippen LogP contribution in [0.2, 0.25) is 0 Å². The molecule has 2 unspecified atom stereocenters. The highest BCUT2D eigenvalue weighted by atomic mass is 16.1.